The van der Waals surface area contributed by atoms with Crippen LogP contribution in [-0.4, -0.2) is 30.6 Å². The van der Waals surface area contributed by atoms with Crippen molar-refractivity contribution in [2.75, 3.05) is 19.6 Å². The molecule has 2 nitrogen and oxygen atoms in total. The van der Waals surface area contributed by atoms with E-state index in [2.05, 4.69) is 29.3 Å². The fourth-order valence-electron chi connectivity index (χ4n) is 2.77. The molecule has 2 N–H and O–H groups in total. The summed E-state index contributed by atoms with van der Waals surface area (Å²) in [6.45, 7) is 5.82. The molecule has 1 aromatic rings. The van der Waals surface area contributed by atoms with Gasteiger partial charge in [0, 0.05) is 24.0 Å². The van der Waals surface area contributed by atoms with Crippen molar-refractivity contribution < 1.29 is 0 Å². The number of nitrogens with zero attached hydrogens (tertiary/aromatic N) is 1. The fourth-order valence-corrected chi connectivity index (χ4v) is 3.59. The van der Waals surface area contributed by atoms with Gasteiger partial charge < -0.3 is 10.6 Å². The van der Waals surface area contributed by atoms with Gasteiger partial charge in [-0.25, -0.2) is 0 Å². The number of unbranched alkanes of at least 4 members (excludes halogenated alkanes) is 1. The highest BCUT2D eigenvalue weighted by Crippen LogP contribution is 2.22. The first-order chi connectivity index (χ1) is 8.28. The molecule has 2 heterocycles. The molecule has 17 heavy (non-hydrogen) atoms. The van der Waals surface area contributed by atoms with Crippen LogP contribution in [0.3, 0.4) is 0 Å². The molecule has 3 heteroatoms. The van der Waals surface area contributed by atoms with Crippen LogP contribution in [0.25, 0.3) is 0 Å². The van der Waals surface area contributed by atoms with E-state index < -0.39 is 0 Å². The van der Waals surface area contributed by atoms with Crippen molar-refractivity contribution in [1.82, 2.24) is 4.90 Å². The summed E-state index contributed by atoms with van der Waals surface area (Å²) < 4.78 is 0. The predicted octanol–water partition coefficient (Wildman–Crippen LogP) is 2.74. The third-order valence-corrected chi connectivity index (χ3v) is 4.44. The molecule has 0 spiro atoms. The molecule has 2 atom stereocenters. The summed E-state index contributed by atoms with van der Waals surface area (Å²) in [5.74, 6) is 0.759. The van der Waals surface area contributed by atoms with Gasteiger partial charge in [-0.05, 0) is 43.2 Å². The van der Waals surface area contributed by atoms with Crippen LogP contribution in [0.15, 0.2) is 17.5 Å². The standard InChI is InChI=1S/C14H24N2S/c1-2-3-6-16-10-12(8-13(15)11-16)9-14-5-4-7-17-14/h4-5,7,12-13H,2-3,6,8-11,15H2,1H3. The van der Waals surface area contributed by atoms with Crippen LogP contribution in [-0.2, 0) is 6.42 Å². The van der Waals surface area contributed by atoms with Crippen molar-refractivity contribution in [3.05, 3.63) is 22.4 Å². The van der Waals surface area contributed by atoms with Gasteiger partial charge in [0.25, 0.3) is 0 Å². The van der Waals surface area contributed by atoms with Crippen molar-refractivity contribution in [2.24, 2.45) is 11.7 Å². The number of likely N-dealkylation sites (tertiary alicyclic amines) is 1. The van der Waals surface area contributed by atoms with Gasteiger partial charge in [-0.1, -0.05) is 19.4 Å². The Morgan fingerprint density at radius 2 is 2.35 bits per heavy atom. The highest BCUT2D eigenvalue weighted by Gasteiger charge is 2.24. The Morgan fingerprint density at radius 3 is 3.06 bits per heavy atom. The lowest BCUT2D eigenvalue weighted by Gasteiger charge is -2.36. The van der Waals surface area contributed by atoms with Gasteiger partial charge in [-0.2, -0.15) is 0 Å². The Kier molecular flexibility index (Phi) is 5.01. The molecule has 1 fully saturated rings. The molecule has 2 rings (SSSR count). The van der Waals surface area contributed by atoms with Crippen LogP contribution >= 0.6 is 11.3 Å². The first kappa shape index (κ1) is 13.1. The minimum atomic E-state index is 0.380. The number of rotatable bonds is 5. The average molecular weight is 252 g/mol. The van der Waals surface area contributed by atoms with E-state index in [1.807, 2.05) is 11.3 Å². The fraction of sp³-hybridized carbons (Fsp3) is 0.714. The SMILES string of the molecule is CCCCN1CC(N)CC(Cc2cccs2)C1. The first-order valence-electron chi connectivity index (χ1n) is 6.78. The van der Waals surface area contributed by atoms with E-state index >= 15 is 0 Å². The summed E-state index contributed by atoms with van der Waals surface area (Å²) in [6.07, 6.45) is 4.99. The van der Waals surface area contributed by atoms with Crippen LogP contribution in [0.4, 0.5) is 0 Å². The Morgan fingerprint density at radius 1 is 1.47 bits per heavy atom. The monoisotopic (exact) mass is 252 g/mol. The third kappa shape index (κ3) is 4.09. The van der Waals surface area contributed by atoms with Gasteiger partial charge in [-0.15, -0.1) is 11.3 Å². The minimum absolute atomic E-state index is 0.380. The molecule has 0 radical (unpaired) electrons. The van der Waals surface area contributed by atoms with Crippen LogP contribution in [0.2, 0.25) is 0 Å². The van der Waals surface area contributed by atoms with Crippen molar-refractivity contribution in [1.29, 1.82) is 0 Å². The van der Waals surface area contributed by atoms with E-state index in [9.17, 15) is 0 Å². The summed E-state index contributed by atoms with van der Waals surface area (Å²) in [5, 5.41) is 2.17. The lowest BCUT2D eigenvalue weighted by atomic mass is 9.91. The maximum absolute atomic E-state index is 6.18. The lowest BCUT2D eigenvalue weighted by molar-refractivity contribution is 0.155. The first-order valence-corrected chi connectivity index (χ1v) is 7.66. The summed E-state index contributed by atoms with van der Waals surface area (Å²) in [6, 6.07) is 4.78. The van der Waals surface area contributed by atoms with E-state index in [0.717, 1.165) is 12.5 Å². The highest BCUT2D eigenvalue weighted by molar-refractivity contribution is 7.09. The zero-order chi connectivity index (χ0) is 12.1. The molecule has 96 valence electrons. The Bertz CT molecular complexity index is 310. The maximum Gasteiger partial charge on any atom is 0.0171 e. The van der Waals surface area contributed by atoms with Crippen LogP contribution in [0.5, 0.6) is 0 Å². The van der Waals surface area contributed by atoms with Gasteiger partial charge in [-0.3, -0.25) is 0 Å². The molecular weight excluding hydrogens is 228 g/mol. The molecule has 0 amide bonds. The normalized spacial score (nSPS) is 26.2. The molecule has 1 aliphatic heterocycles. The minimum Gasteiger partial charge on any atom is -0.327 e. The molecule has 1 aromatic heterocycles. The van der Waals surface area contributed by atoms with E-state index in [1.165, 1.54) is 43.6 Å². The molecule has 0 saturated carbocycles. The second-order valence-electron chi connectivity index (χ2n) is 5.26. The van der Waals surface area contributed by atoms with Gasteiger partial charge in [0.1, 0.15) is 0 Å². The van der Waals surface area contributed by atoms with Crippen molar-refractivity contribution in [3.63, 3.8) is 0 Å². The van der Waals surface area contributed by atoms with Gasteiger partial charge in [0.2, 0.25) is 0 Å². The topological polar surface area (TPSA) is 29.3 Å². The highest BCUT2D eigenvalue weighted by atomic mass is 32.1. The van der Waals surface area contributed by atoms with Gasteiger partial charge >= 0.3 is 0 Å². The van der Waals surface area contributed by atoms with E-state index in [-0.39, 0.29) is 0 Å². The van der Waals surface area contributed by atoms with Gasteiger partial charge in [0.15, 0.2) is 0 Å². The molecule has 1 saturated heterocycles. The number of nitrogens with two attached hydrogens (primary N) is 1. The quantitative estimate of drug-likeness (QED) is 0.873. The predicted molar refractivity (Wildman–Crippen MR) is 75.5 cm³/mol. The molecule has 0 bridgehead atoms. The lowest BCUT2D eigenvalue weighted by Crippen LogP contribution is -2.47. The molecule has 1 aliphatic rings. The summed E-state index contributed by atoms with van der Waals surface area (Å²) in [4.78, 5) is 4.08. The van der Waals surface area contributed by atoms with Crippen molar-refractivity contribution >= 4 is 11.3 Å². The van der Waals surface area contributed by atoms with Crippen molar-refractivity contribution in [2.45, 2.75) is 38.6 Å². The number of hydrogen-bond acceptors (Lipinski definition) is 3. The Labute approximate surface area is 109 Å². The maximum atomic E-state index is 6.18. The Hall–Kier alpha value is -0.380. The molecule has 2 unspecified atom stereocenters. The summed E-state index contributed by atoms with van der Waals surface area (Å²) in [5.41, 5.74) is 6.18. The third-order valence-electron chi connectivity index (χ3n) is 3.54. The van der Waals surface area contributed by atoms with E-state index in [0.29, 0.717) is 6.04 Å². The largest absolute Gasteiger partial charge is 0.327 e. The van der Waals surface area contributed by atoms with Gasteiger partial charge in [0.05, 0.1) is 0 Å². The van der Waals surface area contributed by atoms with Crippen LogP contribution in [0, 0.1) is 5.92 Å². The van der Waals surface area contributed by atoms with Crippen LogP contribution < -0.4 is 5.73 Å². The number of thiophene rings is 1. The number of hydrogen-bond donors (Lipinski definition) is 1. The smallest absolute Gasteiger partial charge is 0.0171 e. The number of piperidine rings is 1. The Balaban J connectivity index is 1.85. The van der Waals surface area contributed by atoms with Crippen molar-refractivity contribution in [3.8, 4) is 0 Å². The van der Waals surface area contributed by atoms with E-state index in [1.54, 1.807) is 0 Å². The average Bonchev–Trinajstić information content (AvgIpc) is 2.78. The molecule has 0 aliphatic carbocycles. The second-order valence-corrected chi connectivity index (χ2v) is 6.29. The van der Waals surface area contributed by atoms with Crippen LogP contribution in [0.1, 0.15) is 31.1 Å². The molecule has 0 aromatic carbocycles. The summed E-state index contributed by atoms with van der Waals surface area (Å²) in [7, 11) is 0. The second kappa shape index (κ2) is 6.53. The zero-order valence-electron chi connectivity index (χ0n) is 10.8. The van der Waals surface area contributed by atoms with E-state index in [4.69, 9.17) is 5.73 Å². The molecular formula is C14H24N2S. The summed E-state index contributed by atoms with van der Waals surface area (Å²) >= 11 is 1.88. The zero-order valence-corrected chi connectivity index (χ0v) is 11.6.